The lowest BCUT2D eigenvalue weighted by Crippen LogP contribution is -2.36. The number of carbonyl (C=O) groups is 1. The molecule has 1 atom stereocenters. The number of hydrogen-bond donors (Lipinski definition) is 1. The first-order valence-electron chi connectivity index (χ1n) is 7.95. The highest BCUT2D eigenvalue weighted by Gasteiger charge is 2.32. The van der Waals surface area contributed by atoms with Gasteiger partial charge in [-0.05, 0) is 57.9 Å². The summed E-state index contributed by atoms with van der Waals surface area (Å²) in [6.07, 6.45) is 2.41. The number of urea groups is 1. The van der Waals surface area contributed by atoms with E-state index in [1.807, 2.05) is 9.80 Å². The third-order valence-corrected chi connectivity index (χ3v) is 4.85. The highest BCUT2D eigenvalue weighted by atomic mass is 16.2. The second kappa shape index (κ2) is 5.34. The van der Waals surface area contributed by atoms with Gasteiger partial charge in [-0.15, -0.1) is 0 Å². The number of carbonyl (C=O) groups excluding carboxylic acids is 1. The van der Waals surface area contributed by atoms with Crippen molar-refractivity contribution in [3.63, 3.8) is 0 Å². The Labute approximate surface area is 127 Å². The van der Waals surface area contributed by atoms with E-state index in [0.29, 0.717) is 0 Å². The van der Waals surface area contributed by atoms with Crippen LogP contribution in [0.15, 0.2) is 24.3 Å². The largest absolute Gasteiger partial charge is 0.324 e. The summed E-state index contributed by atoms with van der Waals surface area (Å²) in [7, 11) is 0. The van der Waals surface area contributed by atoms with Gasteiger partial charge in [0.2, 0.25) is 0 Å². The maximum atomic E-state index is 12.4. The quantitative estimate of drug-likeness (QED) is 0.928. The summed E-state index contributed by atoms with van der Waals surface area (Å²) in [6, 6.07) is 8.90. The summed E-state index contributed by atoms with van der Waals surface area (Å²) >= 11 is 0. The fourth-order valence-electron chi connectivity index (χ4n) is 3.42. The number of rotatable bonds is 3. The van der Waals surface area contributed by atoms with E-state index in [1.165, 1.54) is 18.4 Å². The van der Waals surface area contributed by atoms with E-state index in [1.54, 1.807) is 0 Å². The third kappa shape index (κ3) is 2.53. The van der Waals surface area contributed by atoms with Crippen LogP contribution in [0.25, 0.3) is 0 Å². The maximum absolute atomic E-state index is 12.4. The molecule has 0 bridgehead atoms. The van der Waals surface area contributed by atoms with Gasteiger partial charge in [0.05, 0.1) is 0 Å². The smallest absolute Gasteiger partial charge is 0.320 e. The van der Waals surface area contributed by atoms with Crippen LogP contribution < -0.4 is 10.2 Å². The molecule has 2 fully saturated rings. The number of nitrogens with one attached hydrogen (secondary N) is 1. The van der Waals surface area contributed by atoms with E-state index in [0.717, 1.165) is 25.3 Å². The molecule has 1 aromatic carbocycles. The fourth-order valence-corrected chi connectivity index (χ4v) is 3.42. The molecule has 2 aliphatic heterocycles. The molecule has 0 spiro atoms. The van der Waals surface area contributed by atoms with Crippen LogP contribution >= 0.6 is 0 Å². The van der Waals surface area contributed by atoms with Crippen molar-refractivity contribution in [3.05, 3.63) is 29.8 Å². The van der Waals surface area contributed by atoms with Crippen LogP contribution in [-0.2, 0) is 5.54 Å². The Morgan fingerprint density at radius 2 is 1.90 bits per heavy atom. The van der Waals surface area contributed by atoms with Crippen molar-refractivity contribution in [2.75, 3.05) is 24.5 Å². The Morgan fingerprint density at radius 3 is 2.43 bits per heavy atom. The van der Waals surface area contributed by atoms with Crippen molar-refractivity contribution in [2.45, 2.75) is 45.2 Å². The van der Waals surface area contributed by atoms with Crippen molar-refractivity contribution >= 4 is 11.7 Å². The number of nitrogens with zero attached hydrogens (tertiary/aromatic N) is 2. The lowest BCUT2D eigenvalue weighted by molar-refractivity contribution is 0.209. The minimum atomic E-state index is 0.0948. The molecule has 2 heterocycles. The maximum Gasteiger partial charge on any atom is 0.324 e. The van der Waals surface area contributed by atoms with Crippen molar-refractivity contribution in [1.29, 1.82) is 0 Å². The van der Waals surface area contributed by atoms with E-state index in [-0.39, 0.29) is 17.6 Å². The Morgan fingerprint density at radius 1 is 1.19 bits per heavy atom. The molecule has 2 saturated heterocycles. The molecule has 1 unspecified atom stereocenters. The Bertz CT molecular complexity index is 517. The number of anilines is 1. The van der Waals surface area contributed by atoms with Gasteiger partial charge in [0.15, 0.2) is 0 Å². The first-order chi connectivity index (χ1) is 10.0. The van der Waals surface area contributed by atoms with Gasteiger partial charge >= 0.3 is 6.03 Å². The van der Waals surface area contributed by atoms with Gasteiger partial charge in [0, 0.05) is 30.4 Å². The number of hydrogen-bond acceptors (Lipinski definition) is 2. The SMILES string of the molecule is CC(C)N1CCN(c2ccc(C3(C)CCCN3)cc2)C1=O. The van der Waals surface area contributed by atoms with Crippen LogP contribution in [0.1, 0.15) is 39.2 Å². The summed E-state index contributed by atoms with van der Waals surface area (Å²) in [5.41, 5.74) is 2.42. The van der Waals surface area contributed by atoms with Crippen LogP contribution in [0.3, 0.4) is 0 Å². The lowest BCUT2D eigenvalue weighted by Gasteiger charge is -2.26. The summed E-state index contributed by atoms with van der Waals surface area (Å²) in [5.74, 6) is 0. The Kier molecular flexibility index (Phi) is 3.66. The highest BCUT2D eigenvalue weighted by Crippen LogP contribution is 2.32. The van der Waals surface area contributed by atoms with Gasteiger partial charge in [0.25, 0.3) is 0 Å². The average molecular weight is 287 g/mol. The van der Waals surface area contributed by atoms with Gasteiger partial charge in [-0.1, -0.05) is 12.1 Å². The van der Waals surface area contributed by atoms with Crippen molar-refractivity contribution in [1.82, 2.24) is 10.2 Å². The first-order valence-corrected chi connectivity index (χ1v) is 7.95. The molecule has 1 aromatic rings. The standard InChI is InChI=1S/C17H25N3O/c1-13(2)19-11-12-20(16(19)21)15-7-5-14(6-8-15)17(3)9-4-10-18-17/h5-8,13,18H,4,9-12H2,1-3H3. The molecular formula is C17H25N3O. The van der Waals surface area contributed by atoms with E-state index in [9.17, 15) is 4.79 Å². The molecule has 114 valence electrons. The lowest BCUT2D eigenvalue weighted by atomic mass is 9.90. The van der Waals surface area contributed by atoms with E-state index < -0.39 is 0 Å². The molecule has 2 aliphatic rings. The van der Waals surface area contributed by atoms with Crippen LogP contribution in [0.4, 0.5) is 10.5 Å². The number of benzene rings is 1. The second-order valence-corrected chi connectivity index (χ2v) is 6.63. The van der Waals surface area contributed by atoms with Gasteiger partial charge in [-0.2, -0.15) is 0 Å². The summed E-state index contributed by atoms with van der Waals surface area (Å²) in [4.78, 5) is 16.2. The molecule has 4 heteroatoms. The summed E-state index contributed by atoms with van der Waals surface area (Å²) in [5, 5.41) is 3.58. The van der Waals surface area contributed by atoms with Gasteiger partial charge in [-0.3, -0.25) is 4.90 Å². The minimum absolute atomic E-state index is 0.0948. The molecule has 3 rings (SSSR count). The fraction of sp³-hybridized carbons (Fsp3) is 0.588. The molecule has 1 N–H and O–H groups in total. The normalized spacial score (nSPS) is 26.2. The monoisotopic (exact) mass is 287 g/mol. The van der Waals surface area contributed by atoms with Gasteiger partial charge in [-0.25, -0.2) is 4.79 Å². The zero-order chi connectivity index (χ0) is 15.0. The van der Waals surface area contributed by atoms with E-state index in [4.69, 9.17) is 0 Å². The molecular weight excluding hydrogens is 262 g/mol. The van der Waals surface area contributed by atoms with Crippen LogP contribution in [0.5, 0.6) is 0 Å². The van der Waals surface area contributed by atoms with Crippen LogP contribution in [0, 0.1) is 0 Å². The minimum Gasteiger partial charge on any atom is -0.320 e. The molecule has 0 aromatic heterocycles. The predicted molar refractivity (Wildman–Crippen MR) is 85.6 cm³/mol. The second-order valence-electron chi connectivity index (χ2n) is 6.63. The predicted octanol–water partition coefficient (Wildman–Crippen LogP) is 2.94. The molecule has 2 amide bonds. The number of amides is 2. The van der Waals surface area contributed by atoms with E-state index >= 15 is 0 Å². The summed E-state index contributed by atoms with van der Waals surface area (Å²) < 4.78 is 0. The average Bonchev–Trinajstić information content (AvgIpc) is 3.06. The summed E-state index contributed by atoms with van der Waals surface area (Å²) in [6.45, 7) is 9.08. The Balaban J connectivity index is 1.77. The van der Waals surface area contributed by atoms with Crippen molar-refractivity contribution < 1.29 is 4.79 Å². The van der Waals surface area contributed by atoms with Gasteiger partial charge < -0.3 is 10.2 Å². The van der Waals surface area contributed by atoms with Crippen LogP contribution in [0.2, 0.25) is 0 Å². The van der Waals surface area contributed by atoms with Crippen molar-refractivity contribution in [2.24, 2.45) is 0 Å². The van der Waals surface area contributed by atoms with Crippen LogP contribution in [-0.4, -0.2) is 36.6 Å². The molecule has 21 heavy (non-hydrogen) atoms. The Hall–Kier alpha value is -1.55. The van der Waals surface area contributed by atoms with Gasteiger partial charge in [0.1, 0.15) is 0 Å². The first kappa shape index (κ1) is 14.4. The molecule has 0 saturated carbocycles. The van der Waals surface area contributed by atoms with Crippen molar-refractivity contribution in [3.8, 4) is 0 Å². The molecule has 4 nitrogen and oxygen atoms in total. The zero-order valence-electron chi connectivity index (χ0n) is 13.2. The molecule has 0 radical (unpaired) electrons. The molecule has 0 aliphatic carbocycles. The zero-order valence-corrected chi connectivity index (χ0v) is 13.2. The third-order valence-electron chi connectivity index (χ3n) is 4.85. The topological polar surface area (TPSA) is 35.6 Å². The highest BCUT2D eigenvalue weighted by molar-refractivity contribution is 5.94. The van der Waals surface area contributed by atoms with E-state index in [2.05, 4.69) is 50.4 Å².